The quantitative estimate of drug-likeness (QED) is 0.671. The number of nitrogens with one attached hydrogen (secondary N) is 2. The van der Waals surface area contributed by atoms with Crippen LogP contribution in [0.2, 0.25) is 0 Å². The molecule has 0 heterocycles. The number of rotatable bonds is 3. The van der Waals surface area contributed by atoms with Crippen LogP contribution in [-0.4, -0.2) is 5.91 Å². The van der Waals surface area contributed by atoms with Gasteiger partial charge in [0.25, 0.3) is 5.91 Å². The number of anilines is 1. The van der Waals surface area contributed by atoms with Crippen LogP contribution in [0.15, 0.2) is 42.5 Å². The smallest absolute Gasteiger partial charge is 0.298 e. The molecule has 0 spiro atoms. The van der Waals surface area contributed by atoms with Crippen molar-refractivity contribution in [3.8, 4) is 18.4 Å². The fourth-order valence-electron chi connectivity index (χ4n) is 1.87. The first-order valence-electron chi connectivity index (χ1n) is 6.59. The minimum absolute atomic E-state index is 0.135. The van der Waals surface area contributed by atoms with Gasteiger partial charge in [-0.3, -0.25) is 15.6 Å². The van der Waals surface area contributed by atoms with Crippen LogP contribution in [0.25, 0.3) is 0 Å². The summed E-state index contributed by atoms with van der Waals surface area (Å²) in [6.45, 7) is 0. The molecule has 0 aromatic heterocycles. The molecule has 2 aromatic carbocycles. The number of carbonyl (C=O) groups is 1. The van der Waals surface area contributed by atoms with E-state index in [1.807, 2.05) is 0 Å². The van der Waals surface area contributed by atoms with Crippen LogP contribution in [0.1, 0.15) is 27.0 Å². The summed E-state index contributed by atoms with van der Waals surface area (Å²) < 4.78 is 39.0. The number of nitriles is 1. The Morgan fingerprint density at radius 3 is 2.25 bits per heavy atom. The maximum absolute atomic E-state index is 13.0. The SMILES string of the molecule is C#Cc1ccc(C(=O)NNc2ccc(C#N)cc2C(F)(F)F)cc1. The number of hydrazine groups is 1. The molecule has 2 N–H and O–H groups in total. The molecule has 0 bridgehead atoms. The normalized spacial score (nSPS) is 10.4. The third kappa shape index (κ3) is 3.84. The number of nitrogens with zero attached hydrogens (tertiary/aromatic N) is 1. The summed E-state index contributed by atoms with van der Waals surface area (Å²) in [7, 11) is 0. The lowest BCUT2D eigenvalue weighted by atomic mass is 10.1. The van der Waals surface area contributed by atoms with Crippen molar-refractivity contribution in [1.82, 2.24) is 5.43 Å². The molecule has 2 aromatic rings. The van der Waals surface area contributed by atoms with Crippen molar-refractivity contribution in [2.75, 3.05) is 5.43 Å². The predicted octanol–water partition coefficient (Wildman–Crippen LogP) is 3.32. The van der Waals surface area contributed by atoms with E-state index >= 15 is 0 Å². The molecule has 0 radical (unpaired) electrons. The Bertz CT molecular complexity index is 843. The Kier molecular flexibility index (Phi) is 4.76. The van der Waals surface area contributed by atoms with Crippen molar-refractivity contribution in [2.24, 2.45) is 0 Å². The number of hydrogen-bond donors (Lipinski definition) is 2. The molecule has 0 atom stereocenters. The summed E-state index contributed by atoms with van der Waals surface area (Å²) in [6.07, 6.45) is 0.527. The van der Waals surface area contributed by atoms with Gasteiger partial charge in [0, 0.05) is 11.1 Å². The van der Waals surface area contributed by atoms with E-state index in [1.165, 1.54) is 30.3 Å². The lowest BCUT2D eigenvalue weighted by Crippen LogP contribution is -2.30. The van der Waals surface area contributed by atoms with Crippen molar-refractivity contribution < 1.29 is 18.0 Å². The molecule has 0 aliphatic carbocycles. The lowest BCUT2D eigenvalue weighted by Gasteiger charge is -2.15. The van der Waals surface area contributed by atoms with Crippen LogP contribution in [0.3, 0.4) is 0 Å². The number of amides is 1. The summed E-state index contributed by atoms with van der Waals surface area (Å²) in [5.41, 5.74) is 3.66. The Balaban J connectivity index is 2.18. The van der Waals surface area contributed by atoms with E-state index in [1.54, 1.807) is 6.07 Å². The zero-order valence-electron chi connectivity index (χ0n) is 12.1. The predicted molar refractivity (Wildman–Crippen MR) is 81.6 cm³/mol. The molecule has 0 aliphatic rings. The highest BCUT2D eigenvalue weighted by Gasteiger charge is 2.34. The number of terminal acetylenes is 1. The van der Waals surface area contributed by atoms with Gasteiger partial charge in [0.05, 0.1) is 22.9 Å². The fraction of sp³-hybridized carbons (Fsp3) is 0.0588. The minimum Gasteiger partial charge on any atom is -0.298 e. The maximum atomic E-state index is 13.0. The highest BCUT2D eigenvalue weighted by Crippen LogP contribution is 2.35. The van der Waals surface area contributed by atoms with Gasteiger partial charge in [-0.1, -0.05) is 5.92 Å². The number of alkyl halides is 3. The van der Waals surface area contributed by atoms with E-state index in [2.05, 4.69) is 16.8 Å². The molecular formula is C17H10F3N3O. The zero-order valence-corrected chi connectivity index (χ0v) is 12.1. The van der Waals surface area contributed by atoms with E-state index in [4.69, 9.17) is 11.7 Å². The molecule has 7 heteroatoms. The lowest BCUT2D eigenvalue weighted by molar-refractivity contribution is -0.137. The molecule has 1 amide bonds. The van der Waals surface area contributed by atoms with Gasteiger partial charge in [0.1, 0.15) is 0 Å². The van der Waals surface area contributed by atoms with E-state index in [0.29, 0.717) is 11.6 Å². The fourth-order valence-corrected chi connectivity index (χ4v) is 1.87. The first-order valence-corrected chi connectivity index (χ1v) is 6.59. The highest BCUT2D eigenvalue weighted by molar-refractivity contribution is 5.95. The number of carbonyl (C=O) groups excluding carboxylic acids is 1. The number of halogens is 3. The highest BCUT2D eigenvalue weighted by atomic mass is 19.4. The van der Waals surface area contributed by atoms with Crippen LogP contribution in [0.4, 0.5) is 18.9 Å². The van der Waals surface area contributed by atoms with Gasteiger partial charge in [-0.15, -0.1) is 6.42 Å². The Morgan fingerprint density at radius 2 is 1.71 bits per heavy atom. The Labute approximate surface area is 135 Å². The van der Waals surface area contributed by atoms with Crippen LogP contribution in [-0.2, 0) is 6.18 Å². The summed E-state index contributed by atoms with van der Waals surface area (Å²) in [6, 6.07) is 10.6. The Morgan fingerprint density at radius 1 is 1.08 bits per heavy atom. The molecule has 0 fully saturated rings. The van der Waals surface area contributed by atoms with E-state index in [-0.39, 0.29) is 16.8 Å². The van der Waals surface area contributed by atoms with Gasteiger partial charge in [-0.2, -0.15) is 18.4 Å². The first kappa shape index (κ1) is 16.9. The first-order chi connectivity index (χ1) is 11.3. The molecule has 120 valence electrons. The summed E-state index contributed by atoms with van der Waals surface area (Å²) >= 11 is 0. The van der Waals surface area contributed by atoms with Crippen LogP contribution < -0.4 is 10.9 Å². The van der Waals surface area contributed by atoms with Gasteiger partial charge in [0.2, 0.25) is 0 Å². The third-order valence-corrected chi connectivity index (χ3v) is 3.08. The van der Waals surface area contributed by atoms with E-state index in [0.717, 1.165) is 6.07 Å². The van der Waals surface area contributed by atoms with Gasteiger partial charge >= 0.3 is 6.18 Å². The Hall–Kier alpha value is -3.45. The molecule has 4 nitrogen and oxygen atoms in total. The molecular weight excluding hydrogens is 319 g/mol. The van der Waals surface area contributed by atoms with E-state index < -0.39 is 17.6 Å². The molecule has 2 rings (SSSR count). The second-order valence-corrected chi connectivity index (χ2v) is 4.67. The zero-order chi connectivity index (χ0) is 17.7. The minimum atomic E-state index is -4.67. The largest absolute Gasteiger partial charge is 0.418 e. The van der Waals surface area contributed by atoms with Crippen molar-refractivity contribution >= 4 is 11.6 Å². The van der Waals surface area contributed by atoms with Crippen molar-refractivity contribution in [1.29, 1.82) is 5.26 Å². The molecule has 0 saturated carbocycles. The maximum Gasteiger partial charge on any atom is 0.418 e. The van der Waals surface area contributed by atoms with Gasteiger partial charge in [0.15, 0.2) is 0 Å². The second-order valence-electron chi connectivity index (χ2n) is 4.67. The van der Waals surface area contributed by atoms with Crippen molar-refractivity contribution in [3.05, 3.63) is 64.7 Å². The molecule has 0 unspecified atom stereocenters. The molecule has 24 heavy (non-hydrogen) atoms. The molecule has 0 saturated heterocycles. The average Bonchev–Trinajstić information content (AvgIpc) is 2.58. The standard InChI is InChI=1S/C17H10F3N3O/c1-2-11-3-6-13(7-4-11)16(24)23-22-15-8-5-12(10-21)9-14(15)17(18,19)20/h1,3-9,22H,(H,23,24). The van der Waals surface area contributed by atoms with Crippen LogP contribution >= 0.6 is 0 Å². The third-order valence-electron chi connectivity index (χ3n) is 3.08. The van der Waals surface area contributed by atoms with Gasteiger partial charge in [-0.05, 0) is 42.5 Å². The summed E-state index contributed by atoms with van der Waals surface area (Å²) in [5, 5.41) is 8.71. The van der Waals surface area contributed by atoms with Crippen molar-refractivity contribution in [2.45, 2.75) is 6.18 Å². The van der Waals surface area contributed by atoms with Crippen LogP contribution in [0, 0.1) is 23.7 Å². The second kappa shape index (κ2) is 6.76. The van der Waals surface area contributed by atoms with E-state index in [9.17, 15) is 18.0 Å². The monoisotopic (exact) mass is 329 g/mol. The number of benzene rings is 2. The van der Waals surface area contributed by atoms with Crippen LogP contribution in [0.5, 0.6) is 0 Å². The summed E-state index contributed by atoms with van der Waals surface area (Å²) in [5.74, 6) is 1.76. The average molecular weight is 329 g/mol. The summed E-state index contributed by atoms with van der Waals surface area (Å²) in [4.78, 5) is 11.9. The number of hydrogen-bond acceptors (Lipinski definition) is 3. The van der Waals surface area contributed by atoms with Gasteiger partial charge < -0.3 is 0 Å². The van der Waals surface area contributed by atoms with Gasteiger partial charge in [-0.25, -0.2) is 0 Å². The van der Waals surface area contributed by atoms with Crippen molar-refractivity contribution in [3.63, 3.8) is 0 Å². The topological polar surface area (TPSA) is 64.9 Å². The molecule has 0 aliphatic heterocycles.